The molecule has 0 saturated carbocycles. The van der Waals surface area contributed by atoms with Crippen molar-refractivity contribution in [3.8, 4) is 0 Å². The molecule has 0 amide bonds. The van der Waals surface area contributed by atoms with Gasteiger partial charge in [0.2, 0.25) is 10.0 Å². The normalized spacial score (nSPS) is 15.2. The van der Waals surface area contributed by atoms with E-state index in [1.807, 2.05) is 12.1 Å². The molecule has 1 aliphatic carbocycles. The highest BCUT2D eigenvalue weighted by Crippen LogP contribution is 2.23. The van der Waals surface area contributed by atoms with Gasteiger partial charge in [-0.3, -0.25) is 0 Å². The second kappa shape index (κ2) is 5.46. The summed E-state index contributed by atoms with van der Waals surface area (Å²) in [6.07, 6.45) is 1.53. The molecule has 104 valence electrons. The van der Waals surface area contributed by atoms with Crippen LogP contribution in [0.3, 0.4) is 0 Å². The van der Waals surface area contributed by atoms with Gasteiger partial charge in [0.25, 0.3) is 0 Å². The van der Waals surface area contributed by atoms with Crippen molar-refractivity contribution in [3.63, 3.8) is 0 Å². The molecule has 3 nitrogen and oxygen atoms in total. The quantitative estimate of drug-likeness (QED) is 0.807. The lowest BCUT2D eigenvalue weighted by atomic mass is 10.1. The summed E-state index contributed by atoms with van der Waals surface area (Å²) >= 11 is 2.16. The standard InChI is InChI=1S/C15H14INO2S/c16-13-5-7-15(8-6-13)20(18,19)17-14-9-11-3-1-2-4-12(11)10-14/h1-8,14,17H,9-10H2. The van der Waals surface area contributed by atoms with E-state index in [2.05, 4.69) is 39.4 Å². The Morgan fingerprint density at radius 3 is 2.05 bits per heavy atom. The van der Waals surface area contributed by atoms with E-state index in [1.54, 1.807) is 24.3 Å². The summed E-state index contributed by atoms with van der Waals surface area (Å²) in [4.78, 5) is 0.328. The predicted molar refractivity (Wildman–Crippen MR) is 87.1 cm³/mol. The lowest BCUT2D eigenvalue weighted by Crippen LogP contribution is -2.35. The molecule has 5 heteroatoms. The molecule has 0 fully saturated rings. The van der Waals surface area contributed by atoms with Gasteiger partial charge in [0.15, 0.2) is 0 Å². The van der Waals surface area contributed by atoms with Crippen LogP contribution in [0.2, 0.25) is 0 Å². The van der Waals surface area contributed by atoms with Gasteiger partial charge in [-0.1, -0.05) is 24.3 Å². The molecule has 1 N–H and O–H groups in total. The van der Waals surface area contributed by atoms with E-state index in [1.165, 1.54) is 11.1 Å². The fourth-order valence-corrected chi connectivity index (χ4v) is 4.14. The average Bonchev–Trinajstić information content (AvgIpc) is 2.80. The first kappa shape index (κ1) is 14.0. The summed E-state index contributed by atoms with van der Waals surface area (Å²) in [5, 5.41) is 0. The molecule has 0 aliphatic heterocycles. The fourth-order valence-electron chi connectivity index (χ4n) is 2.54. The van der Waals surface area contributed by atoms with Crippen molar-refractivity contribution < 1.29 is 8.42 Å². The van der Waals surface area contributed by atoms with Gasteiger partial charge in [-0.25, -0.2) is 13.1 Å². The van der Waals surface area contributed by atoms with Crippen molar-refractivity contribution in [3.05, 3.63) is 63.2 Å². The zero-order chi connectivity index (χ0) is 14.2. The Morgan fingerprint density at radius 1 is 0.950 bits per heavy atom. The molecule has 0 atom stereocenters. The number of halogens is 1. The Labute approximate surface area is 132 Å². The molecule has 0 aromatic heterocycles. The van der Waals surface area contributed by atoms with E-state index in [0.29, 0.717) is 4.90 Å². The minimum Gasteiger partial charge on any atom is -0.207 e. The van der Waals surface area contributed by atoms with Crippen LogP contribution in [-0.2, 0) is 22.9 Å². The van der Waals surface area contributed by atoms with Crippen molar-refractivity contribution in [2.45, 2.75) is 23.8 Å². The van der Waals surface area contributed by atoms with Gasteiger partial charge in [0, 0.05) is 9.61 Å². The van der Waals surface area contributed by atoms with Gasteiger partial charge >= 0.3 is 0 Å². The monoisotopic (exact) mass is 399 g/mol. The maximum Gasteiger partial charge on any atom is 0.240 e. The molecule has 1 aliphatic rings. The summed E-state index contributed by atoms with van der Waals surface area (Å²) < 4.78 is 28.5. The molecule has 3 rings (SSSR count). The van der Waals surface area contributed by atoms with Crippen LogP contribution in [0.5, 0.6) is 0 Å². The molecule has 0 unspecified atom stereocenters. The maximum atomic E-state index is 12.3. The highest BCUT2D eigenvalue weighted by Gasteiger charge is 2.26. The van der Waals surface area contributed by atoms with Gasteiger partial charge in [-0.15, -0.1) is 0 Å². The van der Waals surface area contributed by atoms with Gasteiger partial charge in [0.1, 0.15) is 0 Å². The van der Waals surface area contributed by atoms with E-state index >= 15 is 0 Å². The molecular formula is C15H14INO2S. The number of rotatable bonds is 3. The largest absolute Gasteiger partial charge is 0.240 e. The van der Waals surface area contributed by atoms with Crippen molar-refractivity contribution >= 4 is 32.6 Å². The van der Waals surface area contributed by atoms with Crippen LogP contribution in [0.25, 0.3) is 0 Å². The Bertz CT molecular complexity index is 701. The summed E-state index contributed by atoms with van der Waals surface area (Å²) in [6.45, 7) is 0. The third-order valence-electron chi connectivity index (χ3n) is 3.50. The van der Waals surface area contributed by atoms with Crippen LogP contribution in [0.4, 0.5) is 0 Å². The number of hydrogen-bond donors (Lipinski definition) is 1. The van der Waals surface area contributed by atoms with Crippen molar-refractivity contribution in [1.29, 1.82) is 0 Å². The second-order valence-corrected chi connectivity index (χ2v) is 7.91. The first-order valence-electron chi connectivity index (χ1n) is 6.39. The summed E-state index contributed by atoms with van der Waals surface area (Å²) in [5.41, 5.74) is 2.48. The zero-order valence-electron chi connectivity index (χ0n) is 10.7. The summed E-state index contributed by atoms with van der Waals surface area (Å²) in [5.74, 6) is 0. The summed E-state index contributed by atoms with van der Waals surface area (Å²) in [7, 11) is -3.43. The van der Waals surface area contributed by atoms with E-state index in [4.69, 9.17) is 0 Å². The molecule has 20 heavy (non-hydrogen) atoms. The number of nitrogens with one attached hydrogen (secondary N) is 1. The number of hydrogen-bond acceptors (Lipinski definition) is 2. The third kappa shape index (κ3) is 2.89. The summed E-state index contributed by atoms with van der Waals surface area (Å²) in [6, 6.07) is 15.0. The zero-order valence-corrected chi connectivity index (χ0v) is 13.7. The van der Waals surface area contributed by atoms with Gasteiger partial charge in [-0.05, 0) is 70.8 Å². The van der Waals surface area contributed by atoms with Gasteiger partial charge < -0.3 is 0 Å². The minimum atomic E-state index is -3.43. The molecule has 0 spiro atoms. The van der Waals surface area contributed by atoms with E-state index in [9.17, 15) is 8.42 Å². The van der Waals surface area contributed by atoms with Crippen LogP contribution in [0.15, 0.2) is 53.4 Å². The third-order valence-corrected chi connectivity index (χ3v) is 5.75. The molecule has 0 bridgehead atoms. The topological polar surface area (TPSA) is 46.2 Å². The van der Waals surface area contributed by atoms with E-state index in [-0.39, 0.29) is 6.04 Å². The minimum absolute atomic E-state index is 0.0447. The first-order chi connectivity index (χ1) is 9.54. The molecule has 0 radical (unpaired) electrons. The van der Waals surface area contributed by atoms with Crippen LogP contribution in [0, 0.1) is 3.57 Å². The highest BCUT2D eigenvalue weighted by atomic mass is 127. The number of fused-ring (bicyclic) bond motifs is 1. The van der Waals surface area contributed by atoms with E-state index in [0.717, 1.165) is 16.4 Å². The van der Waals surface area contributed by atoms with E-state index < -0.39 is 10.0 Å². The molecule has 2 aromatic rings. The Balaban J connectivity index is 1.77. The van der Waals surface area contributed by atoms with Gasteiger partial charge in [-0.2, -0.15) is 0 Å². The number of sulfonamides is 1. The molecule has 0 saturated heterocycles. The number of benzene rings is 2. The van der Waals surface area contributed by atoms with Gasteiger partial charge in [0.05, 0.1) is 4.90 Å². The average molecular weight is 399 g/mol. The lowest BCUT2D eigenvalue weighted by Gasteiger charge is -2.12. The van der Waals surface area contributed by atoms with Crippen LogP contribution >= 0.6 is 22.6 Å². The predicted octanol–water partition coefficient (Wildman–Crippen LogP) is 2.74. The van der Waals surface area contributed by atoms with Crippen LogP contribution < -0.4 is 4.72 Å². The Hall–Kier alpha value is -0.920. The Morgan fingerprint density at radius 2 is 1.50 bits per heavy atom. The van der Waals surface area contributed by atoms with Crippen LogP contribution in [0.1, 0.15) is 11.1 Å². The fraction of sp³-hybridized carbons (Fsp3) is 0.200. The second-order valence-electron chi connectivity index (χ2n) is 4.95. The lowest BCUT2D eigenvalue weighted by molar-refractivity contribution is 0.555. The molecule has 0 heterocycles. The first-order valence-corrected chi connectivity index (χ1v) is 8.95. The SMILES string of the molecule is O=S(=O)(NC1Cc2ccccc2C1)c1ccc(I)cc1. The Kier molecular flexibility index (Phi) is 3.83. The maximum absolute atomic E-state index is 12.3. The van der Waals surface area contributed by atoms with Crippen LogP contribution in [-0.4, -0.2) is 14.5 Å². The molecular weight excluding hydrogens is 385 g/mol. The highest BCUT2D eigenvalue weighted by molar-refractivity contribution is 14.1. The van der Waals surface area contributed by atoms with Crippen molar-refractivity contribution in [1.82, 2.24) is 4.72 Å². The molecule has 2 aromatic carbocycles. The van der Waals surface area contributed by atoms with Crippen molar-refractivity contribution in [2.75, 3.05) is 0 Å². The smallest absolute Gasteiger partial charge is 0.207 e. The van der Waals surface area contributed by atoms with Crippen molar-refractivity contribution in [2.24, 2.45) is 0 Å².